The Bertz CT molecular complexity index is 372. The smallest absolute Gasteiger partial charge is 0.0931 e. The standard InChI is InChI=1S/C15H25ClN2S/c1-12-4-8-18(9-5-12)7-3-6-17-13(2)14-10-15(16)19-11-14/h10-13,17H,3-9H2,1-2H3. The van der Waals surface area contributed by atoms with E-state index in [1.54, 1.807) is 11.3 Å². The van der Waals surface area contributed by atoms with Crippen molar-refractivity contribution in [2.75, 3.05) is 26.2 Å². The molecule has 0 amide bonds. The molecule has 1 saturated heterocycles. The molecule has 0 saturated carbocycles. The van der Waals surface area contributed by atoms with Gasteiger partial charge < -0.3 is 10.2 Å². The Morgan fingerprint density at radius 3 is 2.84 bits per heavy atom. The van der Waals surface area contributed by atoms with E-state index < -0.39 is 0 Å². The molecule has 0 radical (unpaired) electrons. The third-order valence-electron chi connectivity index (χ3n) is 4.07. The Morgan fingerprint density at radius 2 is 2.21 bits per heavy atom. The number of hydrogen-bond donors (Lipinski definition) is 1. The minimum absolute atomic E-state index is 0.408. The summed E-state index contributed by atoms with van der Waals surface area (Å²) in [5.41, 5.74) is 1.31. The molecule has 1 N–H and O–H groups in total. The number of thiophene rings is 1. The maximum atomic E-state index is 5.96. The van der Waals surface area contributed by atoms with Crippen LogP contribution in [0.5, 0.6) is 0 Å². The van der Waals surface area contributed by atoms with Crippen LogP contribution in [0.2, 0.25) is 4.34 Å². The van der Waals surface area contributed by atoms with Gasteiger partial charge >= 0.3 is 0 Å². The van der Waals surface area contributed by atoms with Crippen LogP contribution in [0.3, 0.4) is 0 Å². The Balaban J connectivity index is 1.59. The van der Waals surface area contributed by atoms with E-state index >= 15 is 0 Å². The quantitative estimate of drug-likeness (QED) is 0.793. The van der Waals surface area contributed by atoms with E-state index in [4.69, 9.17) is 11.6 Å². The van der Waals surface area contributed by atoms with Gasteiger partial charge in [0, 0.05) is 6.04 Å². The molecule has 108 valence electrons. The van der Waals surface area contributed by atoms with E-state index in [0.29, 0.717) is 6.04 Å². The van der Waals surface area contributed by atoms with Gasteiger partial charge in [0.1, 0.15) is 0 Å². The highest BCUT2D eigenvalue weighted by atomic mass is 35.5. The largest absolute Gasteiger partial charge is 0.310 e. The Morgan fingerprint density at radius 1 is 1.47 bits per heavy atom. The third kappa shape index (κ3) is 5.07. The fourth-order valence-electron chi connectivity index (χ4n) is 2.58. The van der Waals surface area contributed by atoms with Crippen molar-refractivity contribution in [3.05, 3.63) is 21.3 Å². The van der Waals surface area contributed by atoms with Crippen LogP contribution in [0.25, 0.3) is 0 Å². The van der Waals surface area contributed by atoms with Crippen molar-refractivity contribution in [3.63, 3.8) is 0 Å². The number of nitrogens with one attached hydrogen (secondary N) is 1. The average molecular weight is 301 g/mol. The molecule has 2 heterocycles. The van der Waals surface area contributed by atoms with E-state index in [-0.39, 0.29) is 0 Å². The molecule has 1 aromatic heterocycles. The van der Waals surface area contributed by atoms with Gasteiger partial charge in [-0.15, -0.1) is 11.3 Å². The lowest BCUT2D eigenvalue weighted by Gasteiger charge is -2.30. The van der Waals surface area contributed by atoms with Gasteiger partial charge in [0.15, 0.2) is 0 Å². The molecule has 1 aromatic rings. The predicted molar refractivity (Wildman–Crippen MR) is 85.2 cm³/mol. The van der Waals surface area contributed by atoms with Crippen LogP contribution in [-0.4, -0.2) is 31.1 Å². The van der Waals surface area contributed by atoms with Crippen molar-refractivity contribution >= 4 is 22.9 Å². The van der Waals surface area contributed by atoms with Crippen LogP contribution >= 0.6 is 22.9 Å². The maximum absolute atomic E-state index is 5.96. The number of halogens is 1. The first-order valence-corrected chi connectivity index (χ1v) is 8.60. The van der Waals surface area contributed by atoms with E-state index in [9.17, 15) is 0 Å². The molecule has 1 aliphatic rings. The van der Waals surface area contributed by atoms with Crippen molar-refractivity contribution in [1.82, 2.24) is 10.2 Å². The average Bonchev–Trinajstić information content (AvgIpc) is 2.83. The van der Waals surface area contributed by atoms with Gasteiger partial charge in [0.2, 0.25) is 0 Å². The number of likely N-dealkylation sites (tertiary alicyclic amines) is 1. The molecule has 1 aliphatic heterocycles. The Hall–Kier alpha value is -0.0900. The van der Waals surface area contributed by atoms with E-state index in [1.807, 2.05) is 0 Å². The van der Waals surface area contributed by atoms with Gasteiger partial charge in [-0.1, -0.05) is 18.5 Å². The van der Waals surface area contributed by atoms with Gasteiger partial charge in [-0.3, -0.25) is 0 Å². The first-order valence-electron chi connectivity index (χ1n) is 7.35. The van der Waals surface area contributed by atoms with Crippen molar-refractivity contribution < 1.29 is 0 Å². The summed E-state index contributed by atoms with van der Waals surface area (Å²) in [5, 5.41) is 5.73. The summed E-state index contributed by atoms with van der Waals surface area (Å²) < 4.78 is 0.881. The highest BCUT2D eigenvalue weighted by molar-refractivity contribution is 7.14. The summed E-state index contributed by atoms with van der Waals surface area (Å²) in [6.45, 7) is 9.47. The fraction of sp³-hybridized carbons (Fsp3) is 0.733. The van der Waals surface area contributed by atoms with Crippen molar-refractivity contribution in [2.24, 2.45) is 5.92 Å². The second-order valence-electron chi connectivity index (χ2n) is 5.74. The molecule has 19 heavy (non-hydrogen) atoms. The molecular weight excluding hydrogens is 276 g/mol. The van der Waals surface area contributed by atoms with E-state index in [1.165, 1.54) is 44.5 Å². The first kappa shape index (κ1) is 15.3. The normalized spacial score (nSPS) is 19.7. The van der Waals surface area contributed by atoms with Crippen molar-refractivity contribution in [2.45, 2.75) is 39.2 Å². The number of nitrogens with zero attached hydrogens (tertiary/aromatic N) is 1. The lowest BCUT2D eigenvalue weighted by Crippen LogP contribution is -2.35. The van der Waals surface area contributed by atoms with Crippen molar-refractivity contribution in [3.8, 4) is 0 Å². The number of hydrogen-bond acceptors (Lipinski definition) is 3. The van der Waals surface area contributed by atoms with E-state index in [0.717, 1.165) is 16.8 Å². The molecular formula is C15H25ClN2S. The Kier molecular flexibility index (Phi) is 6.14. The van der Waals surface area contributed by atoms with Crippen LogP contribution in [0.15, 0.2) is 11.4 Å². The van der Waals surface area contributed by atoms with Crippen LogP contribution in [-0.2, 0) is 0 Å². The first-order chi connectivity index (χ1) is 9.15. The highest BCUT2D eigenvalue weighted by Crippen LogP contribution is 2.24. The molecule has 0 aromatic carbocycles. The fourth-order valence-corrected chi connectivity index (χ4v) is 3.56. The van der Waals surface area contributed by atoms with Gasteiger partial charge in [0.25, 0.3) is 0 Å². The maximum Gasteiger partial charge on any atom is 0.0931 e. The predicted octanol–water partition coefficient (Wildman–Crippen LogP) is 4.17. The number of rotatable bonds is 6. The molecule has 2 nitrogen and oxygen atoms in total. The van der Waals surface area contributed by atoms with Crippen LogP contribution in [0, 0.1) is 5.92 Å². The molecule has 1 fully saturated rings. The van der Waals surface area contributed by atoms with Gasteiger partial charge in [-0.05, 0) is 75.3 Å². The monoisotopic (exact) mass is 300 g/mol. The lowest BCUT2D eigenvalue weighted by molar-refractivity contribution is 0.190. The van der Waals surface area contributed by atoms with E-state index in [2.05, 4.69) is 35.5 Å². The van der Waals surface area contributed by atoms with Crippen molar-refractivity contribution in [1.29, 1.82) is 0 Å². The molecule has 0 spiro atoms. The zero-order valence-electron chi connectivity index (χ0n) is 12.0. The highest BCUT2D eigenvalue weighted by Gasteiger charge is 2.15. The van der Waals surface area contributed by atoms with Crippen LogP contribution < -0.4 is 5.32 Å². The summed E-state index contributed by atoms with van der Waals surface area (Å²) >= 11 is 7.58. The molecule has 1 atom stereocenters. The number of piperidine rings is 1. The Labute approximate surface area is 126 Å². The van der Waals surface area contributed by atoms with Gasteiger partial charge in [-0.25, -0.2) is 0 Å². The van der Waals surface area contributed by atoms with Crippen LogP contribution in [0.1, 0.15) is 44.7 Å². The zero-order chi connectivity index (χ0) is 13.7. The molecule has 1 unspecified atom stereocenters. The summed E-state index contributed by atoms with van der Waals surface area (Å²) in [6, 6.07) is 2.47. The summed E-state index contributed by atoms with van der Waals surface area (Å²) in [7, 11) is 0. The summed E-state index contributed by atoms with van der Waals surface area (Å²) in [5.74, 6) is 0.928. The lowest BCUT2D eigenvalue weighted by atomic mass is 9.99. The molecule has 0 aliphatic carbocycles. The summed E-state index contributed by atoms with van der Waals surface area (Å²) in [4.78, 5) is 2.60. The topological polar surface area (TPSA) is 15.3 Å². The molecule has 0 bridgehead atoms. The zero-order valence-corrected chi connectivity index (χ0v) is 13.6. The third-order valence-corrected chi connectivity index (χ3v) is 5.18. The van der Waals surface area contributed by atoms with Crippen LogP contribution in [0.4, 0.5) is 0 Å². The summed E-state index contributed by atoms with van der Waals surface area (Å²) in [6.07, 6.45) is 3.98. The molecule has 2 rings (SSSR count). The van der Waals surface area contributed by atoms with Gasteiger partial charge in [0.05, 0.1) is 4.34 Å². The molecule has 4 heteroatoms. The minimum Gasteiger partial charge on any atom is -0.310 e. The second-order valence-corrected chi connectivity index (χ2v) is 7.28. The van der Waals surface area contributed by atoms with Gasteiger partial charge in [-0.2, -0.15) is 0 Å². The minimum atomic E-state index is 0.408. The second kappa shape index (κ2) is 7.63. The SMILES string of the molecule is CC1CCN(CCCNC(C)c2csc(Cl)c2)CC1.